The molecule has 39 heavy (non-hydrogen) atoms. The average Bonchev–Trinajstić information content (AvgIpc) is 3.20. The number of rotatable bonds is 7. The van der Waals surface area contributed by atoms with Crippen LogP contribution >= 0.6 is 0 Å². The molecule has 0 heterocycles. The molecule has 220 valence electrons. The summed E-state index contributed by atoms with van der Waals surface area (Å²) in [6.07, 6.45) is 6.53. The van der Waals surface area contributed by atoms with Gasteiger partial charge in [0.2, 0.25) is 0 Å². The topological polar surface area (TPSA) is 105 Å². The van der Waals surface area contributed by atoms with E-state index in [1.807, 2.05) is 0 Å². The first-order valence-electron chi connectivity index (χ1n) is 14.9. The predicted molar refractivity (Wildman–Crippen MR) is 143 cm³/mol. The van der Waals surface area contributed by atoms with Gasteiger partial charge >= 0.3 is 23.9 Å². The fourth-order valence-electron chi connectivity index (χ4n) is 9.77. The van der Waals surface area contributed by atoms with Crippen molar-refractivity contribution in [3.8, 4) is 0 Å². The van der Waals surface area contributed by atoms with Gasteiger partial charge in [0.1, 0.15) is 18.3 Å². The minimum atomic E-state index is -0.279. The Morgan fingerprint density at radius 2 is 1.51 bits per heavy atom. The van der Waals surface area contributed by atoms with Crippen LogP contribution in [0.3, 0.4) is 0 Å². The molecule has 0 amide bonds. The number of ether oxygens (including phenoxy) is 4. The van der Waals surface area contributed by atoms with Gasteiger partial charge in [-0.1, -0.05) is 20.8 Å². The van der Waals surface area contributed by atoms with Gasteiger partial charge in [0, 0.05) is 38.5 Å². The van der Waals surface area contributed by atoms with Crippen LogP contribution < -0.4 is 0 Å². The molecule has 0 unspecified atom stereocenters. The number of hydrogen-bond donors (Lipinski definition) is 0. The molecule has 0 spiro atoms. The standard InChI is InChI=1S/C31H48O8/c1-17(8-11-28(35)36-7)23-9-10-24-29-25(16-27(31(23,24)6)39-20(4)34)30(5)13-12-22(37-18(2)32)14-21(30)15-26(29)38-19(3)33/h17,21-27,29H,8-16H2,1-7H3/t17-,21+,22-,23-,24+,25+,26-,27+,29-,30+,31-/m1/s1. The van der Waals surface area contributed by atoms with Gasteiger partial charge in [0.25, 0.3) is 0 Å². The molecule has 0 bridgehead atoms. The third-order valence-corrected chi connectivity index (χ3v) is 11.4. The minimum absolute atomic E-state index is 0.0215. The Bertz CT molecular complexity index is 962. The Morgan fingerprint density at radius 3 is 2.13 bits per heavy atom. The highest BCUT2D eigenvalue weighted by atomic mass is 16.6. The number of fused-ring (bicyclic) bond motifs is 5. The SMILES string of the molecule is COC(=O)CC[C@@H](C)[C@H]1CC[C@H]2[C@H]3[C@H](OC(C)=O)C[C@@H]4C[C@H](OC(C)=O)CC[C@]4(C)[C@H]3C[C@H](OC(C)=O)[C@]12C. The summed E-state index contributed by atoms with van der Waals surface area (Å²) in [6.45, 7) is 11.3. The van der Waals surface area contributed by atoms with Crippen LogP contribution in [0.15, 0.2) is 0 Å². The highest BCUT2D eigenvalue weighted by Gasteiger charge is 2.67. The zero-order valence-corrected chi connectivity index (χ0v) is 24.8. The maximum absolute atomic E-state index is 12.5. The fourth-order valence-corrected chi connectivity index (χ4v) is 9.77. The van der Waals surface area contributed by atoms with Crippen LogP contribution in [0, 0.1) is 46.3 Å². The number of carbonyl (C=O) groups excluding carboxylic acids is 4. The lowest BCUT2D eigenvalue weighted by Crippen LogP contribution is -2.63. The Balaban J connectivity index is 1.70. The van der Waals surface area contributed by atoms with Crippen LogP contribution in [0.4, 0.5) is 0 Å². The molecule has 0 saturated heterocycles. The highest BCUT2D eigenvalue weighted by Crippen LogP contribution is 2.69. The third-order valence-electron chi connectivity index (χ3n) is 11.4. The maximum Gasteiger partial charge on any atom is 0.305 e. The van der Waals surface area contributed by atoms with Crippen molar-refractivity contribution >= 4 is 23.9 Å². The molecule has 8 nitrogen and oxygen atoms in total. The Kier molecular flexibility index (Phi) is 8.73. The van der Waals surface area contributed by atoms with Crippen LogP contribution in [0.1, 0.15) is 99.3 Å². The molecule has 0 aromatic heterocycles. The number of carbonyl (C=O) groups is 4. The van der Waals surface area contributed by atoms with Crippen molar-refractivity contribution in [3.63, 3.8) is 0 Å². The number of methoxy groups -OCH3 is 1. The largest absolute Gasteiger partial charge is 0.469 e. The normalized spacial score (nSPS) is 41.7. The first-order valence-corrected chi connectivity index (χ1v) is 14.9. The van der Waals surface area contributed by atoms with E-state index in [0.717, 1.165) is 51.4 Å². The average molecular weight is 549 g/mol. The lowest BCUT2D eigenvalue weighted by molar-refractivity contribution is -0.224. The van der Waals surface area contributed by atoms with Crippen molar-refractivity contribution < 1.29 is 38.1 Å². The molecule has 0 aromatic carbocycles. The summed E-state index contributed by atoms with van der Waals surface area (Å²) in [4.78, 5) is 48.5. The summed E-state index contributed by atoms with van der Waals surface area (Å²) in [6, 6.07) is 0. The summed E-state index contributed by atoms with van der Waals surface area (Å²) in [5, 5.41) is 0. The van der Waals surface area contributed by atoms with Crippen LogP contribution in [0.5, 0.6) is 0 Å². The zero-order chi connectivity index (χ0) is 28.7. The molecule has 11 atom stereocenters. The lowest BCUT2D eigenvalue weighted by atomic mass is 9.43. The Morgan fingerprint density at radius 1 is 0.846 bits per heavy atom. The van der Waals surface area contributed by atoms with Gasteiger partial charge in [0.15, 0.2) is 0 Å². The molecule has 0 N–H and O–H groups in total. The van der Waals surface area contributed by atoms with E-state index in [2.05, 4.69) is 20.8 Å². The monoisotopic (exact) mass is 548 g/mol. The molecule has 0 aromatic rings. The van der Waals surface area contributed by atoms with Crippen molar-refractivity contribution in [2.45, 2.75) is 118 Å². The van der Waals surface area contributed by atoms with Crippen molar-refractivity contribution in [3.05, 3.63) is 0 Å². The quantitative estimate of drug-likeness (QED) is 0.314. The van der Waals surface area contributed by atoms with E-state index in [1.165, 1.54) is 27.9 Å². The van der Waals surface area contributed by atoms with Crippen LogP contribution in [-0.4, -0.2) is 49.3 Å². The van der Waals surface area contributed by atoms with E-state index in [0.29, 0.717) is 6.42 Å². The van der Waals surface area contributed by atoms with Gasteiger partial charge < -0.3 is 18.9 Å². The second-order valence-corrected chi connectivity index (χ2v) is 13.4. The molecule has 4 fully saturated rings. The first-order chi connectivity index (χ1) is 18.3. The number of hydrogen-bond acceptors (Lipinski definition) is 8. The van der Waals surface area contributed by atoms with Crippen molar-refractivity contribution in [2.24, 2.45) is 46.3 Å². The Labute approximate surface area is 233 Å². The predicted octanol–water partition coefficient (Wildman–Crippen LogP) is 5.25. The molecule has 4 rings (SSSR count). The van der Waals surface area contributed by atoms with Crippen LogP contribution in [-0.2, 0) is 38.1 Å². The van der Waals surface area contributed by atoms with Gasteiger partial charge in [-0.15, -0.1) is 0 Å². The van der Waals surface area contributed by atoms with E-state index in [1.54, 1.807) is 0 Å². The van der Waals surface area contributed by atoms with Crippen molar-refractivity contribution in [1.82, 2.24) is 0 Å². The Hall–Kier alpha value is -2.12. The molecule has 0 radical (unpaired) electrons. The smallest absolute Gasteiger partial charge is 0.305 e. The van der Waals surface area contributed by atoms with Crippen molar-refractivity contribution in [1.29, 1.82) is 0 Å². The zero-order valence-electron chi connectivity index (χ0n) is 24.8. The lowest BCUT2D eigenvalue weighted by Gasteiger charge is -2.64. The minimum Gasteiger partial charge on any atom is -0.469 e. The van der Waals surface area contributed by atoms with Crippen LogP contribution in [0.25, 0.3) is 0 Å². The molecule has 4 aliphatic rings. The second-order valence-electron chi connectivity index (χ2n) is 13.4. The summed E-state index contributed by atoms with van der Waals surface area (Å²) >= 11 is 0. The molecule has 4 saturated carbocycles. The summed E-state index contributed by atoms with van der Waals surface area (Å²) in [7, 11) is 1.42. The van der Waals surface area contributed by atoms with E-state index >= 15 is 0 Å². The summed E-state index contributed by atoms with van der Waals surface area (Å²) in [5.74, 6) is 0.438. The maximum atomic E-state index is 12.5. The molecule has 0 aliphatic heterocycles. The summed E-state index contributed by atoms with van der Waals surface area (Å²) in [5.41, 5.74) is -0.300. The highest BCUT2D eigenvalue weighted by molar-refractivity contribution is 5.69. The molecule has 4 aliphatic carbocycles. The van der Waals surface area contributed by atoms with Gasteiger partial charge in [0.05, 0.1) is 7.11 Å². The van der Waals surface area contributed by atoms with E-state index in [9.17, 15) is 19.2 Å². The van der Waals surface area contributed by atoms with Crippen LogP contribution in [0.2, 0.25) is 0 Å². The van der Waals surface area contributed by atoms with Gasteiger partial charge in [-0.25, -0.2) is 0 Å². The van der Waals surface area contributed by atoms with Gasteiger partial charge in [-0.05, 0) is 86.4 Å². The fraction of sp³-hybridized carbons (Fsp3) is 0.871. The van der Waals surface area contributed by atoms with Gasteiger partial charge in [-0.3, -0.25) is 19.2 Å². The van der Waals surface area contributed by atoms with E-state index in [4.69, 9.17) is 18.9 Å². The molecular formula is C31H48O8. The third kappa shape index (κ3) is 5.58. The van der Waals surface area contributed by atoms with Crippen molar-refractivity contribution in [2.75, 3.05) is 7.11 Å². The first kappa shape index (κ1) is 29.9. The van der Waals surface area contributed by atoms with E-state index < -0.39 is 0 Å². The molecule has 8 heteroatoms. The number of esters is 4. The van der Waals surface area contributed by atoms with E-state index in [-0.39, 0.29) is 88.5 Å². The van der Waals surface area contributed by atoms with Gasteiger partial charge in [-0.2, -0.15) is 0 Å². The summed E-state index contributed by atoms with van der Waals surface area (Å²) < 4.78 is 22.8. The second kappa shape index (κ2) is 11.4. The molecular weight excluding hydrogens is 500 g/mol.